The van der Waals surface area contributed by atoms with E-state index in [9.17, 15) is 0 Å². The highest BCUT2D eigenvalue weighted by Gasteiger charge is 2.27. The first kappa shape index (κ1) is 12.0. The second-order valence-electron chi connectivity index (χ2n) is 4.47. The highest BCUT2D eigenvalue weighted by atomic mass is 32.1. The van der Waals surface area contributed by atoms with Crippen molar-refractivity contribution in [3.05, 3.63) is 16.6 Å². The fourth-order valence-electron chi connectivity index (χ4n) is 2.47. The summed E-state index contributed by atoms with van der Waals surface area (Å²) in [6.07, 6.45) is 2.49. The van der Waals surface area contributed by atoms with Crippen LogP contribution in [-0.4, -0.2) is 35.6 Å². The summed E-state index contributed by atoms with van der Waals surface area (Å²) < 4.78 is 0. The molecule has 2 unspecified atom stereocenters. The molecule has 2 atom stereocenters. The zero-order valence-electron chi connectivity index (χ0n) is 10.1. The van der Waals surface area contributed by atoms with Crippen LogP contribution in [0.15, 0.2) is 10.9 Å². The van der Waals surface area contributed by atoms with Crippen molar-refractivity contribution in [3.63, 3.8) is 0 Å². The Labute approximate surface area is 102 Å². The molecule has 1 aliphatic rings. The molecule has 1 aliphatic heterocycles. The van der Waals surface area contributed by atoms with Gasteiger partial charge in [0.15, 0.2) is 0 Å². The van der Waals surface area contributed by atoms with Crippen molar-refractivity contribution >= 4 is 11.3 Å². The van der Waals surface area contributed by atoms with Crippen LogP contribution in [0.25, 0.3) is 0 Å². The fourth-order valence-corrected chi connectivity index (χ4v) is 3.11. The molecule has 3 nitrogen and oxygen atoms in total. The van der Waals surface area contributed by atoms with E-state index in [4.69, 9.17) is 0 Å². The predicted octanol–water partition coefficient (Wildman–Crippen LogP) is 2.28. The van der Waals surface area contributed by atoms with Crippen LogP contribution < -0.4 is 5.32 Å². The molecule has 1 fully saturated rings. The van der Waals surface area contributed by atoms with Crippen LogP contribution in [0.2, 0.25) is 0 Å². The molecule has 90 valence electrons. The third-order valence-electron chi connectivity index (χ3n) is 3.36. The normalized spacial score (nSPS) is 22.8. The lowest BCUT2D eigenvalue weighted by Gasteiger charge is -2.33. The zero-order valence-corrected chi connectivity index (χ0v) is 11.0. The van der Waals surface area contributed by atoms with Gasteiger partial charge in [0.2, 0.25) is 0 Å². The first-order valence-electron chi connectivity index (χ1n) is 6.17. The quantitative estimate of drug-likeness (QED) is 0.854. The monoisotopic (exact) mass is 239 g/mol. The maximum absolute atomic E-state index is 4.45. The van der Waals surface area contributed by atoms with Gasteiger partial charge < -0.3 is 5.32 Å². The van der Waals surface area contributed by atoms with Crippen LogP contribution in [0.4, 0.5) is 0 Å². The lowest BCUT2D eigenvalue weighted by Crippen LogP contribution is -2.39. The van der Waals surface area contributed by atoms with E-state index in [1.54, 1.807) is 11.3 Å². The Balaban J connectivity index is 2.05. The van der Waals surface area contributed by atoms with E-state index in [1.165, 1.54) is 25.1 Å². The van der Waals surface area contributed by atoms with E-state index in [1.807, 2.05) is 5.51 Å². The molecule has 1 N–H and O–H groups in total. The van der Waals surface area contributed by atoms with Crippen molar-refractivity contribution in [1.29, 1.82) is 0 Å². The van der Waals surface area contributed by atoms with Gasteiger partial charge in [-0.15, -0.1) is 11.3 Å². The van der Waals surface area contributed by atoms with Gasteiger partial charge in [-0.05, 0) is 32.9 Å². The van der Waals surface area contributed by atoms with E-state index >= 15 is 0 Å². The SMILES string of the molecule is CCCN(C1CCNC1)C(C)c1cscn1. The van der Waals surface area contributed by atoms with Gasteiger partial charge in [-0.1, -0.05) is 6.92 Å². The van der Waals surface area contributed by atoms with Gasteiger partial charge in [0.25, 0.3) is 0 Å². The Kier molecular flexibility index (Phi) is 4.32. The smallest absolute Gasteiger partial charge is 0.0795 e. The predicted molar refractivity (Wildman–Crippen MR) is 68.8 cm³/mol. The summed E-state index contributed by atoms with van der Waals surface area (Å²) in [7, 11) is 0. The Bertz CT molecular complexity index is 293. The zero-order chi connectivity index (χ0) is 11.4. The van der Waals surface area contributed by atoms with Crippen LogP contribution in [0.3, 0.4) is 0 Å². The summed E-state index contributed by atoms with van der Waals surface area (Å²) in [6.45, 7) is 8.00. The van der Waals surface area contributed by atoms with Gasteiger partial charge in [0.05, 0.1) is 17.2 Å². The van der Waals surface area contributed by atoms with E-state index in [0.717, 1.165) is 13.1 Å². The van der Waals surface area contributed by atoms with Crippen molar-refractivity contribution in [3.8, 4) is 0 Å². The molecule has 1 aromatic rings. The standard InChI is InChI=1S/C12H21N3S/c1-3-6-15(11-4-5-13-7-11)10(2)12-8-16-9-14-12/h8-11,13H,3-7H2,1-2H3. The number of rotatable bonds is 5. The maximum Gasteiger partial charge on any atom is 0.0795 e. The molecular weight excluding hydrogens is 218 g/mol. The van der Waals surface area contributed by atoms with E-state index in [0.29, 0.717) is 12.1 Å². The topological polar surface area (TPSA) is 28.2 Å². The molecule has 0 spiro atoms. The lowest BCUT2D eigenvalue weighted by atomic mass is 10.1. The van der Waals surface area contributed by atoms with Crippen LogP contribution in [0.5, 0.6) is 0 Å². The van der Waals surface area contributed by atoms with Gasteiger partial charge in [-0.2, -0.15) is 0 Å². The first-order chi connectivity index (χ1) is 7.83. The van der Waals surface area contributed by atoms with Crippen LogP contribution >= 0.6 is 11.3 Å². The fraction of sp³-hybridized carbons (Fsp3) is 0.750. The molecule has 0 bridgehead atoms. The van der Waals surface area contributed by atoms with Crippen LogP contribution in [0.1, 0.15) is 38.4 Å². The van der Waals surface area contributed by atoms with E-state index in [2.05, 4.69) is 34.4 Å². The Morgan fingerprint density at radius 2 is 2.56 bits per heavy atom. The maximum atomic E-state index is 4.45. The molecule has 0 saturated carbocycles. The number of thiazole rings is 1. The van der Waals surface area contributed by atoms with E-state index in [-0.39, 0.29) is 0 Å². The minimum Gasteiger partial charge on any atom is -0.315 e. The molecule has 4 heteroatoms. The number of hydrogen-bond acceptors (Lipinski definition) is 4. The molecule has 0 aromatic carbocycles. The van der Waals surface area contributed by atoms with E-state index < -0.39 is 0 Å². The summed E-state index contributed by atoms with van der Waals surface area (Å²) in [6, 6.07) is 1.15. The average molecular weight is 239 g/mol. The third-order valence-corrected chi connectivity index (χ3v) is 3.97. The second kappa shape index (κ2) is 5.75. The van der Waals surface area contributed by atoms with Crippen molar-refractivity contribution in [1.82, 2.24) is 15.2 Å². The summed E-state index contributed by atoms with van der Waals surface area (Å²) >= 11 is 1.69. The lowest BCUT2D eigenvalue weighted by molar-refractivity contribution is 0.151. The van der Waals surface area contributed by atoms with Crippen LogP contribution in [0, 0.1) is 0 Å². The Morgan fingerprint density at radius 3 is 3.12 bits per heavy atom. The summed E-state index contributed by atoms with van der Waals surface area (Å²) in [5, 5.41) is 5.63. The second-order valence-corrected chi connectivity index (χ2v) is 5.19. The molecule has 0 radical (unpaired) electrons. The summed E-state index contributed by atoms with van der Waals surface area (Å²) in [5.41, 5.74) is 3.16. The van der Waals surface area contributed by atoms with Gasteiger partial charge in [-0.25, -0.2) is 4.98 Å². The van der Waals surface area contributed by atoms with Crippen molar-refractivity contribution < 1.29 is 0 Å². The highest BCUT2D eigenvalue weighted by molar-refractivity contribution is 7.07. The minimum atomic E-state index is 0.455. The molecule has 0 amide bonds. The van der Waals surface area contributed by atoms with Crippen molar-refractivity contribution in [2.45, 2.75) is 38.8 Å². The molecule has 0 aliphatic carbocycles. The molecule has 2 heterocycles. The minimum absolute atomic E-state index is 0.455. The molecule has 16 heavy (non-hydrogen) atoms. The molecule has 1 aromatic heterocycles. The molecule has 2 rings (SSSR count). The Hall–Kier alpha value is -0.450. The molecule has 1 saturated heterocycles. The van der Waals surface area contributed by atoms with Crippen molar-refractivity contribution in [2.24, 2.45) is 0 Å². The Morgan fingerprint density at radius 1 is 1.69 bits per heavy atom. The summed E-state index contributed by atoms with van der Waals surface area (Å²) in [4.78, 5) is 7.05. The average Bonchev–Trinajstić information content (AvgIpc) is 2.96. The highest BCUT2D eigenvalue weighted by Crippen LogP contribution is 2.24. The largest absolute Gasteiger partial charge is 0.315 e. The van der Waals surface area contributed by atoms with Gasteiger partial charge in [0.1, 0.15) is 0 Å². The van der Waals surface area contributed by atoms with Gasteiger partial charge in [-0.3, -0.25) is 4.90 Å². The number of aromatic nitrogens is 1. The first-order valence-corrected chi connectivity index (χ1v) is 7.11. The number of nitrogens with one attached hydrogen (secondary N) is 1. The summed E-state index contributed by atoms with van der Waals surface area (Å²) in [5.74, 6) is 0. The van der Waals surface area contributed by atoms with Gasteiger partial charge >= 0.3 is 0 Å². The molecular formula is C12H21N3S. The van der Waals surface area contributed by atoms with Crippen LogP contribution in [-0.2, 0) is 0 Å². The van der Waals surface area contributed by atoms with Crippen molar-refractivity contribution in [2.75, 3.05) is 19.6 Å². The van der Waals surface area contributed by atoms with Gasteiger partial charge in [0, 0.05) is 18.0 Å². The number of nitrogens with zero attached hydrogens (tertiary/aromatic N) is 2. The third kappa shape index (κ3) is 2.62. The number of hydrogen-bond donors (Lipinski definition) is 1.